The van der Waals surface area contributed by atoms with Crippen molar-refractivity contribution in [1.29, 1.82) is 0 Å². The molecule has 1 aromatic carbocycles. The van der Waals surface area contributed by atoms with Crippen LogP contribution in [0.1, 0.15) is 52.0 Å². The molecule has 1 aliphatic rings. The highest BCUT2D eigenvalue weighted by molar-refractivity contribution is 14.0. The second kappa shape index (κ2) is 11.4. The lowest BCUT2D eigenvalue weighted by molar-refractivity contribution is -0.117. The molecular formula is C20H33IN4O. The lowest BCUT2D eigenvalue weighted by atomic mass is 10.0. The van der Waals surface area contributed by atoms with Gasteiger partial charge in [0.1, 0.15) is 0 Å². The van der Waals surface area contributed by atoms with Crippen molar-refractivity contribution in [1.82, 2.24) is 10.6 Å². The van der Waals surface area contributed by atoms with Crippen LogP contribution in [0.5, 0.6) is 0 Å². The van der Waals surface area contributed by atoms with Crippen molar-refractivity contribution in [3.8, 4) is 0 Å². The Labute approximate surface area is 175 Å². The average molecular weight is 472 g/mol. The molecule has 0 radical (unpaired) electrons. The third kappa shape index (κ3) is 7.13. The van der Waals surface area contributed by atoms with Gasteiger partial charge in [0.05, 0.1) is 0 Å². The van der Waals surface area contributed by atoms with Crippen LogP contribution in [-0.4, -0.2) is 31.5 Å². The first-order chi connectivity index (χ1) is 12.0. The van der Waals surface area contributed by atoms with Crippen LogP contribution < -0.4 is 15.5 Å². The third-order valence-corrected chi connectivity index (χ3v) is 4.57. The van der Waals surface area contributed by atoms with E-state index in [-0.39, 0.29) is 29.9 Å². The van der Waals surface area contributed by atoms with E-state index in [4.69, 9.17) is 0 Å². The Balaban J connectivity index is 0.00000338. The van der Waals surface area contributed by atoms with Gasteiger partial charge in [0.25, 0.3) is 0 Å². The SMILES string of the molecule is CN=C(NCc1ccc(N2CCCC2=O)cc1)NC(C)CCC(C)C.I. The standard InChI is InChI=1S/C20H32N4O.HI/c1-15(2)7-8-16(3)23-20(21-4)22-14-17-9-11-18(12-10-17)24-13-5-6-19(24)25;/h9-12,15-16H,5-8,13-14H2,1-4H3,(H2,21,22,23);1H. The molecule has 1 amide bonds. The van der Waals surface area contributed by atoms with Crippen molar-refractivity contribution in [3.05, 3.63) is 29.8 Å². The Bertz CT molecular complexity index is 586. The summed E-state index contributed by atoms with van der Waals surface area (Å²) in [4.78, 5) is 18.0. The summed E-state index contributed by atoms with van der Waals surface area (Å²) >= 11 is 0. The van der Waals surface area contributed by atoms with Crippen molar-refractivity contribution in [3.63, 3.8) is 0 Å². The van der Waals surface area contributed by atoms with E-state index in [2.05, 4.69) is 48.5 Å². The van der Waals surface area contributed by atoms with Gasteiger partial charge in [-0.15, -0.1) is 24.0 Å². The molecule has 1 heterocycles. The molecule has 1 aromatic rings. The number of halogens is 1. The number of nitrogens with one attached hydrogen (secondary N) is 2. The Morgan fingerprint density at radius 3 is 2.42 bits per heavy atom. The van der Waals surface area contributed by atoms with Crippen molar-refractivity contribution < 1.29 is 4.79 Å². The molecule has 0 saturated carbocycles. The minimum absolute atomic E-state index is 0. The number of guanidine groups is 1. The third-order valence-electron chi connectivity index (χ3n) is 4.57. The minimum atomic E-state index is 0. The maximum atomic E-state index is 11.8. The average Bonchev–Trinajstić information content (AvgIpc) is 3.03. The molecule has 146 valence electrons. The van der Waals surface area contributed by atoms with E-state index < -0.39 is 0 Å². The maximum absolute atomic E-state index is 11.8. The van der Waals surface area contributed by atoms with Crippen LogP contribution in [0.2, 0.25) is 0 Å². The number of benzene rings is 1. The van der Waals surface area contributed by atoms with Gasteiger partial charge in [-0.05, 0) is 49.8 Å². The number of carbonyl (C=O) groups is 1. The van der Waals surface area contributed by atoms with Gasteiger partial charge < -0.3 is 15.5 Å². The highest BCUT2D eigenvalue weighted by atomic mass is 127. The van der Waals surface area contributed by atoms with Crippen molar-refractivity contribution in [2.75, 3.05) is 18.5 Å². The van der Waals surface area contributed by atoms with Crippen LogP contribution in [0, 0.1) is 5.92 Å². The van der Waals surface area contributed by atoms with Gasteiger partial charge in [-0.1, -0.05) is 26.0 Å². The molecule has 2 N–H and O–H groups in total. The zero-order chi connectivity index (χ0) is 18.2. The molecule has 2 rings (SSSR count). The van der Waals surface area contributed by atoms with E-state index in [0.29, 0.717) is 19.0 Å². The molecular weight excluding hydrogens is 439 g/mol. The number of hydrogen-bond donors (Lipinski definition) is 2. The van der Waals surface area contributed by atoms with Crippen molar-refractivity contribution in [2.45, 2.75) is 59.0 Å². The van der Waals surface area contributed by atoms with Crippen LogP contribution in [-0.2, 0) is 11.3 Å². The predicted molar refractivity (Wildman–Crippen MR) is 120 cm³/mol. The summed E-state index contributed by atoms with van der Waals surface area (Å²) in [5.74, 6) is 1.78. The van der Waals surface area contributed by atoms with Gasteiger partial charge in [-0.2, -0.15) is 0 Å². The number of amides is 1. The first-order valence-electron chi connectivity index (χ1n) is 9.36. The summed E-state index contributed by atoms with van der Waals surface area (Å²) < 4.78 is 0. The Morgan fingerprint density at radius 2 is 1.88 bits per heavy atom. The maximum Gasteiger partial charge on any atom is 0.227 e. The summed E-state index contributed by atoms with van der Waals surface area (Å²) in [6.45, 7) is 8.24. The van der Waals surface area contributed by atoms with E-state index in [1.807, 2.05) is 17.0 Å². The Morgan fingerprint density at radius 1 is 1.19 bits per heavy atom. The second-order valence-corrected chi connectivity index (χ2v) is 7.26. The minimum Gasteiger partial charge on any atom is -0.354 e. The number of hydrogen-bond acceptors (Lipinski definition) is 2. The first kappa shape index (κ1) is 22.7. The zero-order valence-corrected chi connectivity index (χ0v) is 18.7. The normalized spacial score (nSPS) is 15.8. The van der Waals surface area contributed by atoms with Crippen LogP contribution in [0.4, 0.5) is 5.69 Å². The van der Waals surface area contributed by atoms with Crippen LogP contribution in [0.25, 0.3) is 0 Å². The van der Waals surface area contributed by atoms with E-state index in [1.54, 1.807) is 7.05 Å². The van der Waals surface area contributed by atoms with Gasteiger partial charge in [-0.25, -0.2) is 0 Å². The van der Waals surface area contributed by atoms with Crippen LogP contribution in [0.3, 0.4) is 0 Å². The molecule has 0 bridgehead atoms. The molecule has 0 spiro atoms. The molecule has 1 fully saturated rings. The van der Waals surface area contributed by atoms with E-state index in [1.165, 1.54) is 12.0 Å². The van der Waals surface area contributed by atoms with Crippen LogP contribution >= 0.6 is 24.0 Å². The van der Waals surface area contributed by atoms with E-state index >= 15 is 0 Å². The van der Waals surface area contributed by atoms with Gasteiger partial charge in [0.2, 0.25) is 5.91 Å². The summed E-state index contributed by atoms with van der Waals surface area (Å²) in [7, 11) is 1.80. The van der Waals surface area contributed by atoms with Gasteiger partial charge >= 0.3 is 0 Å². The topological polar surface area (TPSA) is 56.7 Å². The lowest BCUT2D eigenvalue weighted by Crippen LogP contribution is -2.41. The summed E-state index contributed by atoms with van der Waals surface area (Å²) in [6, 6.07) is 8.60. The Hall–Kier alpha value is -1.31. The van der Waals surface area contributed by atoms with Crippen molar-refractivity contribution in [2.24, 2.45) is 10.9 Å². The summed E-state index contributed by atoms with van der Waals surface area (Å²) in [6.07, 6.45) is 3.97. The molecule has 1 unspecified atom stereocenters. The lowest BCUT2D eigenvalue weighted by Gasteiger charge is -2.19. The fourth-order valence-electron chi connectivity index (χ4n) is 2.98. The highest BCUT2D eigenvalue weighted by Gasteiger charge is 2.21. The largest absolute Gasteiger partial charge is 0.354 e. The molecule has 1 saturated heterocycles. The Kier molecular flexibility index (Phi) is 9.98. The fraction of sp³-hybridized carbons (Fsp3) is 0.600. The van der Waals surface area contributed by atoms with Crippen LogP contribution in [0.15, 0.2) is 29.3 Å². The molecule has 26 heavy (non-hydrogen) atoms. The number of aliphatic imine (C=N–C) groups is 1. The molecule has 6 heteroatoms. The number of nitrogens with zero attached hydrogens (tertiary/aromatic N) is 2. The van der Waals surface area contributed by atoms with E-state index in [0.717, 1.165) is 37.0 Å². The van der Waals surface area contributed by atoms with Gasteiger partial charge in [0.15, 0.2) is 5.96 Å². The number of rotatable bonds is 7. The fourth-order valence-corrected chi connectivity index (χ4v) is 2.98. The van der Waals surface area contributed by atoms with Crippen molar-refractivity contribution >= 4 is 41.5 Å². The molecule has 5 nitrogen and oxygen atoms in total. The predicted octanol–water partition coefficient (Wildman–Crippen LogP) is 3.92. The van der Waals surface area contributed by atoms with Gasteiger partial charge in [-0.3, -0.25) is 9.79 Å². The summed E-state index contributed by atoms with van der Waals surface area (Å²) in [5.41, 5.74) is 2.17. The monoisotopic (exact) mass is 472 g/mol. The van der Waals surface area contributed by atoms with E-state index in [9.17, 15) is 4.79 Å². The number of anilines is 1. The quantitative estimate of drug-likeness (QED) is 0.359. The molecule has 1 atom stereocenters. The number of carbonyl (C=O) groups excluding carboxylic acids is 1. The molecule has 0 aromatic heterocycles. The molecule has 0 aliphatic carbocycles. The second-order valence-electron chi connectivity index (χ2n) is 7.26. The highest BCUT2D eigenvalue weighted by Crippen LogP contribution is 2.21. The molecule has 1 aliphatic heterocycles. The first-order valence-corrected chi connectivity index (χ1v) is 9.36. The zero-order valence-electron chi connectivity index (χ0n) is 16.4. The smallest absolute Gasteiger partial charge is 0.227 e. The summed E-state index contributed by atoms with van der Waals surface area (Å²) in [5, 5.41) is 6.80. The van der Waals surface area contributed by atoms with Gasteiger partial charge in [0, 0.05) is 38.3 Å².